The zero-order valence-electron chi connectivity index (χ0n) is 12.4. The molecule has 0 aliphatic heterocycles. The van der Waals surface area contributed by atoms with Gasteiger partial charge in [-0.15, -0.1) is 0 Å². The molecular weight excluding hydrogens is 393 g/mol. The Morgan fingerprint density at radius 3 is 1.30 bits per heavy atom. The van der Waals surface area contributed by atoms with Crippen LogP contribution in [0, 0.1) is 40.5 Å². The van der Waals surface area contributed by atoms with Crippen LogP contribution in [0.5, 0.6) is 0 Å². The Balaban J connectivity index is 2.31. The van der Waals surface area contributed by atoms with Crippen LogP contribution in [0.25, 0.3) is 0 Å². The molecule has 0 aliphatic carbocycles. The number of alkyl halides is 2. The first-order valence-corrected chi connectivity index (χ1v) is 6.22. The van der Waals surface area contributed by atoms with Crippen LogP contribution in [0.1, 0.15) is 11.6 Å². The first-order valence-electron chi connectivity index (χ1n) is 6.22. The van der Waals surface area contributed by atoms with Crippen LogP contribution in [-0.4, -0.2) is 67.5 Å². The fourth-order valence-electron chi connectivity index (χ4n) is 1.61. The molecule has 0 aliphatic rings. The van der Waals surface area contributed by atoms with Crippen LogP contribution in [0.2, 0.25) is 0 Å². The van der Waals surface area contributed by atoms with Crippen molar-refractivity contribution in [3.05, 3.63) is 52.1 Å². The number of rotatable bonds is 8. The van der Waals surface area contributed by atoms with E-state index < -0.39 is 50.7 Å². The zero-order chi connectivity index (χ0) is 20.6. The van der Waals surface area contributed by atoms with Gasteiger partial charge in [-0.3, -0.25) is 40.5 Å². The molecule has 0 bridgehead atoms. The molecule has 27 heavy (non-hydrogen) atoms. The molecule has 2 aromatic heterocycles. The molecule has 0 saturated heterocycles. The highest BCUT2D eigenvalue weighted by Gasteiger charge is 2.66. The number of nitrogens with zero attached hydrogens (tertiary/aromatic N) is 12. The maximum atomic E-state index is 13.8. The van der Waals surface area contributed by atoms with Crippen molar-refractivity contribution >= 4 is 7.55 Å². The average Bonchev–Trinajstić information content (AvgIpc) is 3.22. The largest absolute Gasteiger partial charge is 0.681 e. The number of nitro groups is 4. The molecule has 0 N–H and O–H groups in total. The van der Waals surface area contributed by atoms with Gasteiger partial charge in [-0.2, -0.15) is 10.2 Å². The number of aromatic nitrogens is 8. The van der Waals surface area contributed by atoms with Gasteiger partial charge in [0.15, 0.2) is 0 Å². The molecule has 0 unspecified atom stereocenters. The van der Waals surface area contributed by atoms with Crippen molar-refractivity contribution in [2.75, 3.05) is 0 Å². The minimum atomic E-state index is -4.41. The Labute approximate surface area is 141 Å². The van der Waals surface area contributed by atoms with E-state index in [1.54, 1.807) is 0 Å². The Kier molecular flexibility index (Phi) is 4.35. The molecule has 0 amide bonds. The molecule has 0 spiro atoms. The van der Waals surface area contributed by atoms with E-state index in [0.717, 1.165) is 0 Å². The summed E-state index contributed by atoms with van der Waals surface area (Å²) in [6, 6.07) is 0. The first kappa shape index (κ1) is 19.0. The Hall–Kier alpha value is -4.34. The van der Waals surface area contributed by atoms with Gasteiger partial charge >= 0.3 is 23.5 Å². The van der Waals surface area contributed by atoms with Crippen LogP contribution < -0.4 is 0 Å². The lowest BCUT2D eigenvalue weighted by molar-refractivity contribution is -0.847. The van der Waals surface area contributed by atoms with Crippen LogP contribution >= 0.6 is 0 Å². The van der Waals surface area contributed by atoms with E-state index in [-0.39, 0.29) is 0 Å². The van der Waals surface area contributed by atoms with E-state index >= 15 is 0 Å². The molecule has 144 valence electrons. The van der Waals surface area contributed by atoms with Gasteiger partial charge in [0.1, 0.15) is 19.7 Å². The smallest absolute Gasteiger partial charge is 0.323 e. The maximum absolute atomic E-state index is 13.8. The third-order valence-electron chi connectivity index (χ3n) is 2.91. The van der Waals surface area contributed by atoms with Crippen molar-refractivity contribution in [3.63, 3.8) is 0 Å². The van der Waals surface area contributed by atoms with Gasteiger partial charge in [0, 0.05) is 0 Å². The number of hydrogen-bond donors (Lipinski definition) is 0. The predicted octanol–water partition coefficient (Wildman–Crippen LogP) is -3.68. The second-order valence-electron chi connectivity index (χ2n) is 4.61. The van der Waals surface area contributed by atoms with E-state index in [4.69, 9.17) is 0 Å². The lowest BCUT2D eigenvalue weighted by Crippen LogP contribution is -2.40. The molecule has 2 rings (SSSR count). The minimum Gasteiger partial charge on any atom is -0.323 e. The highest BCUT2D eigenvalue weighted by Crippen LogP contribution is 2.24. The van der Waals surface area contributed by atoms with E-state index in [2.05, 4.69) is 30.8 Å². The molecule has 23 heteroatoms. The highest BCUT2D eigenvalue weighted by atomic mass is 19.2. The standard InChI is InChI=1S/C4H2BF2N12O8/c6-3(14(20)21,15(22)23)1-8-12-18(10-1)5-19-11-2(9-13-19)4(7,16(24)25)17(26)27/h5H2/q-1. The van der Waals surface area contributed by atoms with Crippen molar-refractivity contribution in [3.8, 4) is 0 Å². The molecule has 2 aromatic rings. The summed E-state index contributed by atoms with van der Waals surface area (Å²) >= 11 is 0. The number of tetrazole rings is 2. The molecular formula is C4H2BF2N12O8-. The average molecular weight is 395 g/mol. The summed E-state index contributed by atoms with van der Waals surface area (Å²) in [7, 11) is -2.22. The molecule has 0 fully saturated rings. The normalized spacial score (nSPS) is 11.9. The van der Waals surface area contributed by atoms with Gasteiger partial charge in [0.2, 0.25) is 7.55 Å². The second kappa shape index (κ2) is 6.19. The van der Waals surface area contributed by atoms with Crippen LogP contribution in [0.4, 0.5) is 8.78 Å². The summed E-state index contributed by atoms with van der Waals surface area (Å²) in [5, 5.41) is 60.1. The summed E-state index contributed by atoms with van der Waals surface area (Å²) in [6.45, 7) is 0. The molecule has 0 atom stereocenters. The zero-order valence-corrected chi connectivity index (χ0v) is 12.4. The van der Waals surface area contributed by atoms with Crippen molar-refractivity contribution < 1.29 is 28.5 Å². The number of hydrogen-bond acceptors (Lipinski definition) is 14. The highest BCUT2D eigenvalue weighted by molar-refractivity contribution is 6.29. The Bertz CT molecular complexity index is 839. The van der Waals surface area contributed by atoms with E-state index in [9.17, 15) is 49.2 Å². The van der Waals surface area contributed by atoms with Gasteiger partial charge < -0.3 is 9.42 Å². The summed E-state index contributed by atoms with van der Waals surface area (Å²) in [5.41, 5.74) is 0. The van der Waals surface area contributed by atoms with Gasteiger partial charge in [0.25, 0.3) is 0 Å². The fraction of sp³-hybridized carbons (Fsp3) is 0.500. The van der Waals surface area contributed by atoms with Crippen LogP contribution in [-0.2, 0) is 11.8 Å². The third-order valence-corrected chi connectivity index (χ3v) is 2.91. The fourth-order valence-corrected chi connectivity index (χ4v) is 1.61. The third kappa shape index (κ3) is 2.91. The SMILES string of the molecule is O=[N+]([O-])C(F)(c1nnn([BH2-]n2nnc(C(F)([N+](=O)[O-])[N+](=O)[O-])n2)n1)[N+](=O)[O-]. The second-order valence-corrected chi connectivity index (χ2v) is 4.61. The summed E-state index contributed by atoms with van der Waals surface area (Å²) in [4.78, 5) is 34.5. The van der Waals surface area contributed by atoms with Crippen molar-refractivity contribution in [1.82, 2.24) is 40.2 Å². The molecule has 20 nitrogen and oxygen atoms in total. The minimum absolute atomic E-state index is 0.361. The van der Waals surface area contributed by atoms with Gasteiger partial charge in [0.05, 0.1) is 0 Å². The van der Waals surface area contributed by atoms with Crippen molar-refractivity contribution in [1.29, 1.82) is 0 Å². The monoisotopic (exact) mass is 395 g/mol. The quantitative estimate of drug-likeness (QED) is 0.137. The summed E-state index contributed by atoms with van der Waals surface area (Å²) in [6.07, 6.45) is 0. The summed E-state index contributed by atoms with van der Waals surface area (Å²) < 4.78 is 28.4. The van der Waals surface area contributed by atoms with Crippen molar-refractivity contribution in [2.24, 2.45) is 0 Å². The molecule has 0 aromatic carbocycles. The summed E-state index contributed by atoms with van der Waals surface area (Å²) in [5.74, 6) is -11.9. The predicted molar refractivity (Wildman–Crippen MR) is 68.5 cm³/mol. The van der Waals surface area contributed by atoms with Gasteiger partial charge in [-0.25, -0.2) is 0 Å². The number of halogens is 2. The van der Waals surface area contributed by atoms with E-state index in [1.165, 1.54) is 0 Å². The molecule has 2 heterocycles. The topological polar surface area (TPSA) is 260 Å². The lowest BCUT2D eigenvalue weighted by Gasteiger charge is -2.05. The Morgan fingerprint density at radius 1 is 0.741 bits per heavy atom. The van der Waals surface area contributed by atoms with E-state index in [1.807, 2.05) is 0 Å². The van der Waals surface area contributed by atoms with Crippen molar-refractivity contribution in [2.45, 2.75) is 11.8 Å². The van der Waals surface area contributed by atoms with Gasteiger partial charge in [-0.05, 0) is 0 Å². The maximum Gasteiger partial charge on any atom is 0.681 e. The molecule has 0 saturated carbocycles. The first-order chi connectivity index (χ1) is 12.4. The Morgan fingerprint density at radius 2 is 1.04 bits per heavy atom. The van der Waals surface area contributed by atoms with Crippen LogP contribution in [0.3, 0.4) is 0 Å². The van der Waals surface area contributed by atoms with Crippen LogP contribution in [0.15, 0.2) is 0 Å². The van der Waals surface area contributed by atoms with Gasteiger partial charge in [-0.1, -0.05) is 29.4 Å². The van der Waals surface area contributed by atoms with E-state index in [0.29, 0.717) is 9.42 Å². The lowest BCUT2D eigenvalue weighted by atomic mass is 10.2. The molecule has 0 radical (unpaired) electrons.